The van der Waals surface area contributed by atoms with E-state index in [1.165, 1.54) is 18.2 Å². The third-order valence-electron chi connectivity index (χ3n) is 6.45. The van der Waals surface area contributed by atoms with Crippen LogP contribution < -0.4 is 14.8 Å². The van der Waals surface area contributed by atoms with Crippen molar-refractivity contribution < 1.29 is 34.7 Å². The maximum Gasteiger partial charge on any atom is 0.255 e. The van der Waals surface area contributed by atoms with Crippen LogP contribution in [0.2, 0.25) is 5.02 Å². The minimum absolute atomic E-state index is 0.0644. The quantitative estimate of drug-likeness (QED) is 0.344. The second-order valence-electron chi connectivity index (χ2n) is 9.21. The minimum Gasteiger partial charge on any atom is -0.508 e. The summed E-state index contributed by atoms with van der Waals surface area (Å²) in [6, 6.07) is 9.77. The van der Waals surface area contributed by atoms with Gasteiger partial charge in [-0.25, -0.2) is 0 Å². The summed E-state index contributed by atoms with van der Waals surface area (Å²) in [4.78, 5) is 14.6. The standard InChI is InChI=1S/C25H31ClN2O7/c26-17-1-4-22-16(9-17)11-25(35-22)5-7-28(8-6-25)13-20(32)15-34-23-10-18(30)2-3-21(23)24(33)27-12-19(31)14-29/h1-4,9-10,19-20,29-32H,5-8,11-15H2,(H,27,33)/t19?,20-/m1/s1. The lowest BCUT2D eigenvalue weighted by Gasteiger charge is -2.39. The summed E-state index contributed by atoms with van der Waals surface area (Å²) in [6.45, 7) is 1.27. The Hall–Kier alpha value is -2.56. The van der Waals surface area contributed by atoms with Gasteiger partial charge in [-0.2, -0.15) is 0 Å². The smallest absolute Gasteiger partial charge is 0.255 e. The van der Waals surface area contributed by atoms with E-state index in [0.29, 0.717) is 11.6 Å². The Morgan fingerprint density at radius 2 is 1.94 bits per heavy atom. The molecule has 0 saturated carbocycles. The van der Waals surface area contributed by atoms with E-state index in [1.807, 2.05) is 18.2 Å². The molecule has 0 aliphatic carbocycles. The first-order valence-electron chi connectivity index (χ1n) is 11.7. The van der Waals surface area contributed by atoms with Crippen molar-refractivity contribution in [1.29, 1.82) is 0 Å². The summed E-state index contributed by atoms with van der Waals surface area (Å²) in [7, 11) is 0. The Labute approximate surface area is 208 Å². The summed E-state index contributed by atoms with van der Waals surface area (Å²) < 4.78 is 11.9. The summed E-state index contributed by atoms with van der Waals surface area (Å²) in [5, 5.41) is 41.9. The molecule has 10 heteroatoms. The van der Waals surface area contributed by atoms with E-state index >= 15 is 0 Å². The molecule has 5 N–H and O–H groups in total. The van der Waals surface area contributed by atoms with Crippen molar-refractivity contribution >= 4 is 17.5 Å². The number of rotatable bonds is 9. The third-order valence-corrected chi connectivity index (χ3v) is 6.68. The highest BCUT2D eigenvalue weighted by Crippen LogP contribution is 2.42. The predicted octanol–water partition coefficient (Wildman–Crippen LogP) is 1.34. The maximum atomic E-state index is 12.4. The van der Waals surface area contributed by atoms with Crippen molar-refractivity contribution in [3.63, 3.8) is 0 Å². The summed E-state index contributed by atoms with van der Waals surface area (Å²) in [5.74, 6) is 0.408. The van der Waals surface area contributed by atoms with Crippen LogP contribution in [0.25, 0.3) is 0 Å². The average molecular weight is 507 g/mol. The maximum absolute atomic E-state index is 12.4. The van der Waals surface area contributed by atoms with Gasteiger partial charge in [0.2, 0.25) is 0 Å². The molecule has 2 atom stereocenters. The van der Waals surface area contributed by atoms with Gasteiger partial charge in [-0.1, -0.05) is 11.6 Å². The number of hydrogen-bond acceptors (Lipinski definition) is 8. The summed E-state index contributed by atoms with van der Waals surface area (Å²) in [6.07, 6.45) is 0.624. The van der Waals surface area contributed by atoms with Gasteiger partial charge in [0.05, 0.1) is 18.3 Å². The highest BCUT2D eigenvalue weighted by Gasteiger charge is 2.42. The zero-order chi connectivity index (χ0) is 25.0. The molecular formula is C25H31ClN2O7. The van der Waals surface area contributed by atoms with Gasteiger partial charge >= 0.3 is 0 Å². The van der Waals surface area contributed by atoms with E-state index in [4.69, 9.17) is 26.2 Å². The fourth-order valence-corrected chi connectivity index (χ4v) is 4.74. The highest BCUT2D eigenvalue weighted by atomic mass is 35.5. The molecule has 2 aromatic carbocycles. The molecule has 1 fully saturated rings. The van der Waals surface area contributed by atoms with Crippen LogP contribution in [0.4, 0.5) is 0 Å². The molecule has 2 aromatic rings. The van der Waals surface area contributed by atoms with Crippen LogP contribution in [0.15, 0.2) is 36.4 Å². The minimum atomic E-state index is -1.08. The number of phenolic OH excluding ortho intramolecular Hbond substituents is 1. The van der Waals surface area contributed by atoms with Crippen LogP contribution in [0.3, 0.4) is 0 Å². The first kappa shape index (κ1) is 25.5. The Morgan fingerprint density at radius 3 is 2.69 bits per heavy atom. The molecular weight excluding hydrogens is 476 g/mol. The van der Waals surface area contributed by atoms with Crippen LogP contribution >= 0.6 is 11.6 Å². The molecule has 1 amide bonds. The molecule has 9 nitrogen and oxygen atoms in total. The van der Waals surface area contributed by atoms with Gasteiger partial charge in [0, 0.05) is 56.5 Å². The monoisotopic (exact) mass is 506 g/mol. The van der Waals surface area contributed by atoms with Crippen molar-refractivity contribution in [2.75, 3.05) is 39.4 Å². The number of hydrogen-bond donors (Lipinski definition) is 5. The van der Waals surface area contributed by atoms with Crippen molar-refractivity contribution in [1.82, 2.24) is 10.2 Å². The molecule has 2 aliphatic heterocycles. The van der Waals surface area contributed by atoms with E-state index in [-0.39, 0.29) is 35.8 Å². The molecule has 1 unspecified atom stereocenters. The number of nitrogens with zero attached hydrogens (tertiary/aromatic N) is 1. The molecule has 1 saturated heterocycles. The van der Waals surface area contributed by atoms with Gasteiger partial charge in [0.25, 0.3) is 5.91 Å². The van der Waals surface area contributed by atoms with Crippen molar-refractivity contribution in [2.24, 2.45) is 0 Å². The van der Waals surface area contributed by atoms with Crippen LogP contribution in [0.1, 0.15) is 28.8 Å². The average Bonchev–Trinajstić information content (AvgIpc) is 3.19. The lowest BCUT2D eigenvalue weighted by atomic mass is 9.87. The van der Waals surface area contributed by atoms with Crippen molar-refractivity contribution in [3.05, 3.63) is 52.5 Å². The molecule has 2 aliphatic rings. The lowest BCUT2D eigenvalue weighted by molar-refractivity contribution is -0.00201. The number of aliphatic hydroxyl groups is 3. The molecule has 4 rings (SSSR count). The van der Waals surface area contributed by atoms with Gasteiger partial charge in [0.1, 0.15) is 35.6 Å². The molecule has 0 radical (unpaired) electrons. The van der Waals surface area contributed by atoms with E-state index in [0.717, 1.165) is 43.7 Å². The summed E-state index contributed by atoms with van der Waals surface area (Å²) >= 11 is 6.12. The van der Waals surface area contributed by atoms with Crippen LogP contribution in [-0.2, 0) is 6.42 Å². The number of likely N-dealkylation sites (tertiary alicyclic amines) is 1. The van der Waals surface area contributed by atoms with E-state index < -0.39 is 24.7 Å². The zero-order valence-corrected chi connectivity index (χ0v) is 20.1. The molecule has 1 spiro atoms. The van der Waals surface area contributed by atoms with Gasteiger partial charge in [-0.3, -0.25) is 4.79 Å². The number of β-amino-alcohol motifs (C(OH)–C–C–N with tert-alkyl or cyclic N) is 1. The Kier molecular flexibility index (Phi) is 8.03. The van der Waals surface area contributed by atoms with E-state index in [1.54, 1.807) is 0 Å². The van der Waals surface area contributed by atoms with Gasteiger partial charge in [-0.05, 0) is 35.9 Å². The normalized spacial score (nSPS) is 18.5. The Bertz CT molecular complexity index is 1040. The lowest BCUT2D eigenvalue weighted by Crippen LogP contribution is -2.49. The number of aliphatic hydroxyl groups excluding tert-OH is 3. The van der Waals surface area contributed by atoms with Crippen molar-refractivity contribution in [2.45, 2.75) is 37.1 Å². The number of nitrogens with one attached hydrogen (secondary N) is 1. The highest BCUT2D eigenvalue weighted by molar-refractivity contribution is 6.30. The number of piperidine rings is 1. The second kappa shape index (κ2) is 11.0. The predicted molar refractivity (Wildman–Crippen MR) is 129 cm³/mol. The number of aromatic hydroxyl groups is 1. The van der Waals surface area contributed by atoms with Crippen LogP contribution in [0, 0.1) is 0 Å². The third kappa shape index (κ3) is 6.36. The number of amides is 1. The number of carbonyl (C=O) groups excluding carboxylic acids is 1. The summed E-state index contributed by atoms with van der Waals surface area (Å²) in [5.41, 5.74) is 1.06. The van der Waals surface area contributed by atoms with Gasteiger partial charge in [0.15, 0.2) is 0 Å². The number of halogens is 1. The first-order valence-corrected chi connectivity index (χ1v) is 12.1. The van der Waals surface area contributed by atoms with Crippen LogP contribution in [0.5, 0.6) is 17.2 Å². The first-order chi connectivity index (χ1) is 16.8. The number of fused-ring (bicyclic) bond motifs is 1. The van der Waals surface area contributed by atoms with Gasteiger partial charge in [-0.15, -0.1) is 0 Å². The van der Waals surface area contributed by atoms with Gasteiger partial charge < -0.3 is 40.1 Å². The largest absolute Gasteiger partial charge is 0.508 e. The number of ether oxygens (including phenoxy) is 2. The van der Waals surface area contributed by atoms with Crippen molar-refractivity contribution in [3.8, 4) is 17.2 Å². The molecule has 2 heterocycles. The van der Waals surface area contributed by atoms with E-state index in [9.17, 15) is 20.1 Å². The van der Waals surface area contributed by atoms with Crippen LogP contribution in [-0.4, -0.2) is 88.4 Å². The Morgan fingerprint density at radius 1 is 1.17 bits per heavy atom. The topological polar surface area (TPSA) is 132 Å². The fourth-order valence-electron chi connectivity index (χ4n) is 4.55. The van der Waals surface area contributed by atoms with E-state index in [2.05, 4.69) is 10.2 Å². The Balaban J connectivity index is 1.27. The number of benzene rings is 2. The zero-order valence-electron chi connectivity index (χ0n) is 19.3. The fraction of sp³-hybridized carbons (Fsp3) is 0.480. The number of carbonyl (C=O) groups is 1. The molecule has 0 aromatic heterocycles. The SMILES string of the molecule is O=C(NCC(O)CO)c1ccc(O)cc1OC[C@H](O)CN1CCC2(CC1)Cc1cc(Cl)ccc1O2. The molecule has 190 valence electrons. The number of phenols is 1. The second-order valence-corrected chi connectivity index (χ2v) is 9.64. The molecule has 35 heavy (non-hydrogen) atoms. The molecule has 0 bridgehead atoms.